The number of carbonyl (C=O) groups excluding carboxylic acids is 1. The number of carbonyl (C=O) groups is 1. The van der Waals surface area contributed by atoms with Crippen LogP contribution in [0.4, 0.5) is 0 Å². The highest BCUT2D eigenvalue weighted by atomic mass is 16.2. The van der Waals surface area contributed by atoms with Crippen LogP contribution in [0.5, 0.6) is 0 Å². The molecule has 1 aliphatic rings. The molecule has 120 valence electrons. The molecule has 0 saturated carbocycles. The second-order valence-electron chi connectivity index (χ2n) is 5.66. The fourth-order valence-corrected chi connectivity index (χ4v) is 2.18. The summed E-state index contributed by atoms with van der Waals surface area (Å²) in [5.41, 5.74) is 1.55. The lowest BCUT2D eigenvalue weighted by molar-refractivity contribution is -0.127. The molecule has 1 aliphatic carbocycles. The van der Waals surface area contributed by atoms with E-state index in [-0.39, 0.29) is 12.5 Å². The Morgan fingerprint density at radius 1 is 1.29 bits per heavy atom. The molecule has 1 rings (SSSR count). The van der Waals surface area contributed by atoms with Gasteiger partial charge in [-0.25, -0.2) is 4.99 Å². The second-order valence-corrected chi connectivity index (χ2v) is 5.66. The quantitative estimate of drug-likeness (QED) is 0.428. The number of hydrogen-bond acceptors (Lipinski definition) is 2. The van der Waals surface area contributed by atoms with Gasteiger partial charge in [-0.05, 0) is 38.5 Å². The zero-order valence-corrected chi connectivity index (χ0v) is 13.7. The summed E-state index contributed by atoms with van der Waals surface area (Å²) in [6.45, 7) is 4.04. The highest BCUT2D eigenvalue weighted by Gasteiger charge is 2.06. The summed E-state index contributed by atoms with van der Waals surface area (Å²) in [4.78, 5) is 17.5. The maximum absolute atomic E-state index is 11.6. The van der Waals surface area contributed by atoms with Gasteiger partial charge in [0.05, 0.1) is 0 Å². The third-order valence-corrected chi connectivity index (χ3v) is 3.54. The molecule has 0 heterocycles. The van der Waals surface area contributed by atoms with Gasteiger partial charge in [-0.1, -0.05) is 18.6 Å². The van der Waals surface area contributed by atoms with Gasteiger partial charge in [0.25, 0.3) is 0 Å². The van der Waals surface area contributed by atoms with E-state index in [2.05, 4.69) is 28.6 Å². The normalized spacial score (nSPS) is 15.4. The first-order valence-electron chi connectivity index (χ1n) is 8.03. The van der Waals surface area contributed by atoms with Gasteiger partial charge in [0.2, 0.25) is 5.91 Å². The number of likely N-dealkylation sites (N-methyl/N-ethyl adjacent to an activating group) is 1. The molecule has 0 spiro atoms. The molecule has 0 atom stereocenters. The van der Waals surface area contributed by atoms with E-state index in [9.17, 15) is 4.79 Å². The maximum atomic E-state index is 11.6. The Hall–Kier alpha value is -1.52. The van der Waals surface area contributed by atoms with Gasteiger partial charge in [0, 0.05) is 27.2 Å². The summed E-state index contributed by atoms with van der Waals surface area (Å²) in [7, 11) is 3.50. The Morgan fingerprint density at radius 2 is 2.05 bits per heavy atom. The van der Waals surface area contributed by atoms with Crippen LogP contribution in [0.2, 0.25) is 0 Å². The Morgan fingerprint density at radius 3 is 2.67 bits per heavy atom. The fraction of sp³-hybridized carbons (Fsp3) is 0.750. The molecular formula is C16H30N4O. The van der Waals surface area contributed by atoms with Crippen LogP contribution in [-0.2, 0) is 4.79 Å². The van der Waals surface area contributed by atoms with Gasteiger partial charge in [0.15, 0.2) is 5.96 Å². The van der Waals surface area contributed by atoms with Crippen molar-refractivity contribution in [3.63, 3.8) is 0 Å². The molecule has 0 fully saturated rings. The lowest BCUT2D eigenvalue weighted by Crippen LogP contribution is -2.39. The number of allylic oxidation sites excluding steroid dienone is 1. The molecule has 2 N–H and O–H groups in total. The first-order chi connectivity index (χ1) is 10.1. The fourth-order valence-electron chi connectivity index (χ4n) is 2.18. The molecule has 5 nitrogen and oxygen atoms in total. The Bertz CT molecular complexity index is 374. The van der Waals surface area contributed by atoms with Gasteiger partial charge >= 0.3 is 0 Å². The zero-order valence-electron chi connectivity index (χ0n) is 13.7. The second kappa shape index (κ2) is 10.2. The summed E-state index contributed by atoms with van der Waals surface area (Å²) in [5.74, 6) is 0.756. The zero-order chi connectivity index (χ0) is 15.5. The number of nitrogens with zero attached hydrogens (tertiary/aromatic N) is 2. The molecule has 21 heavy (non-hydrogen) atoms. The van der Waals surface area contributed by atoms with Crippen molar-refractivity contribution in [1.82, 2.24) is 15.5 Å². The molecule has 0 radical (unpaired) electrons. The first kappa shape index (κ1) is 17.5. The van der Waals surface area contributed by atoms with Crippen LogP contribution in [0, 0.1) is 0 Å². The van der Waals surface area contributed by atoms with Gasteiger partial charge in [0.1, 0.15) is 6.54 Å². The third kappa shape index (κ3) is 7.73. The van der Waals surface area contributed by atoms with Crippen LogP contribution in [-0.4, -0.2) is 50.5 Å². The minimum Gasteiger partial charge on any atom is -0.356 e. The molecule has 0 aromatic rings. The van der Waals surface area contributed by atoms with Crippen LogP contribution in [0.3, 0.4) is 0 Å². The standard InChI is InChI=1S/C16H30N4O/c1-4-11-17-16(19-13-15(21)20(2)3)18-12-10-14-8-6-5-7-9-14/h8H,4-7,9-13H2,1-3H3,(H2,17,18,19). The third-order valence-electron chi connectivity index (χ3n) is 3.54. The van der Waals surface area contributed by atoms with E-state index >= 15 is 0 Å². The van der Waals surface area contributed by atoms with E-state index in [1.807, 2.05) is 0 Å². The predicted octanol–water partition coefficient (Wildman–Crippen LogP) is 1.91. The highest BCUT2D eigenvalue weighted by molar-refractivity contribution is 5.84. The monoisotopic (exact) mass is 294 g/mol. The maximum Gasteiger partial charge on any atom is 0.243 e. The molecule has 1 amide bonds. The molecular weight excluding hydrogens is 264 g/mol. The van der Waals surface area contributed by atoms with Crippen molar-refractivity contribution in [2.45, 2.75) is 45.4 Å². The molecule has 0 aromatic carbocycles. The van der Waals surface area contributed by atoms with Crippen molar-refractivity contribution in [3.8, 4) is 0 Å². The van der Waals surface area contributed by atoms with Gasteiger partial charge in [-0.15, -0.1) is 0 Å². The minimum absolute atomic E-state index is 0.0163. The lowest BCUT2D eigenvalue weighted by atomic mass is 9.97. The number of aliphatic imine (C=N–C) groups is 1. The van der Waals surface area contributed by atoms with Crippen LogP contribution in [0.15, 0.2) is 16.6 Å². The van der Waals surface area contributed by atoms with Crippen molar-refractivity contribution >= 4 is 11.9 Å². The van der Waals surface area contributed by atoms with Crippen molar-refractivity contribution in [2.75, 3.05) is 33.7 Å². The van der Waals surface area contributed by atoms with E-state index in [4.69, 9.17) is 0 Å². The van der Waals surface area contributed by atoms with E-state index < -0.39 is 0 Å². The van der Waals surface area contributed by atoms with E-state index in [1.54, 1.807) is 24.6 Å². The summed E-state index contributed by atoms with van der Waals surface area (Å²) in [6.07, 6.45) is 9.57. The number of amides is 1. The van der Waals surface area contributed by atoms with E-state index in [1.165, 1.54) is 25.7 Å². The number of hydrogen-bond donors (Lipinski definition) is 2. The van der Waals surface area contributed by atoms with Crippen molar-refractivity contribution in [2.24, 2.45) is 4.99 Å². The van der Waals surface area contributed by atoms with E-state index in [0.29, 0.717) is 0 Å². The Labute approximate surface area is 128 Å². The van der Waals surface area contributed by atoms with Gasteiger partial charge in [-0.2, -0.15) is 0 Å². The predicted molar refractivity (Wildman–Crippen MR) is 88.5 cm³/mol. The van der Waals surface area contributed by atoms with E-state index in [0.717, 1.165) is 31.9 Å². The highest BCUT2D eigenvalue weighted by Crippen LogP contribution is 2.19. The minimum atomic E-state index is 0.0163. The van der Waals surface area contributed by atoms with Crippen LogP contribution >= 0.6 is 0 Å². The van der Waals surface area contributed by atoms with Crippen LogP contribution in [0.25, 0.3) is 0 Å². The van der Waals surface area contributed by atoms with Gasteiger partial charge in [-0.3, -0.25) is 4.79 Å². The van der Waals surface area contributed by atoms with Crippen molar-refractivity contribution in [3.05, 3.63) is 11.6 Å². The first-order valence-corrected chi connectivity index (χ1v) is 8.03. The number of nitrogens with one attached hydrogen (secondary N) is 2. The Balaban J connectivity index is 2.39. The number of guanidine groups is 1. The molecule has 0 bridgehead atoms. The van der Waals surface area contributed by atoms with Crippen LogP contribution < -0.4 is 10.6 Å². The topological polar surface area (TPSA) is 56.7 Å². The average Bonchev–Trinajstić information content (AvgIpc) is 2.50. The molecule has 0 aliphatic heterocycles. The van der Waals surface area contributed by atoms with Crippen molar-refractivity contribution < 1.29 is 4.79 Å². The Kier molecular flexibility index (Phi) is 8.55. The average molecular weight is 294 g/mol. The molecule has 5 heteroatoms. The largest absolute Gasteiger partial charge is 0.356 e. The summed E-state index contributed by atoms with van der Waals surface area (Å²) >= 11 is 0. The number of rotatable bonds is 7. The smallest absolute Gasteiger partial charge is 0.243 e. The summed E-state index contributed by atoms with van der Waals surface area (Å²) in [5, 5.41) is 6.57. The van der Waals surface area contributed by atoms with Gasteiger partial charge < -0.3 is 15.5 Å². The molecule has 0 saturated heterocycles. The molecule has 0 aromatic heterocycles. The van der Waals surface area contributed by atoms with Crippen molar-refractivity contribution in [1.29, 1.82) is 0 Å². The summed E-state index contributed by atoms with van der Waals surface area (Å²) in [6, 6.07) is 0. The SMILES string of the molecule is CCCNC(=NCC(=O)N(C)C)NCCC1=CCCCC1. The summed E-state index contributed by atoms with van der Waals surface area (Å²) < 4.78 is 0. The lowest BCUT2D eigenvalue weighted by Gasteiger charge is -2.15. The van der Waals surface area contributed by atoms with Crippen LogP contribution in [0.1, 0.15) is 45.4 Å². The molecule has 0 unspecified atom stereocenters.